The number of carbonyl (C=O) groups excluding carboxylic acids is 2. The van der Waals surface area contributed by atoms with Crippen molar-refractivity contribution in [2.75, 3.05) is 19.8 Å². The second kappa shape index (κ2) is 14.6. The fourth-order valence-corrected chi connectivity index (χ4v) is 10.5. The van der Waals surface area contributed by atoms with E-state index in [2.05, 4.69) is 26.0 Å². The first-order valence-electron chi connectivity index (χ1n) is 18.6. The molecule has 0 saturated heterocycles. The summed E-state index contributed by atoms with van der Waals surface area (Å²) in [6.45, 7) is 13.6. The van der Waals surface area contributed by atoms with Crippen LogP contribution in [0, 0.1) is 59.7 Å². The number of rotatable bonds is 13. The molecule has 8 atom stereocenters. The van der Waals surface area contributed by atoms with Crippen LogP contribution in [-0.2, 0) is 19.1 Å². The largest absolute Gasteiger partial charge is 0.493 e. The van der Waals surface area contributed by atoms with Gasteiger partial charge in [-0.3, -0.25) is 9.59 Å². The minimum Gasteiger partial charge on any atom is -0.493 e. The van der Waals surface area contributed by atoms with Gasteiger partial charge in [-0.25, -0.2) is 0 Å². The molecule has 4 fully saturated rings. The lowest BCUT2D eigenvalue weighted by atomic mass is 9.44. The van der Waals surface area contributed by atoms with Gasteiger partial charge < -0.3 is 19.3 Å². The third-order valence-corrected chi connectivity index (χ3v) is 13.4. The number of ether oxygens (including phenoxy) is 3. The quantitative estimate of drug-likeness (QED) is 0.172. The lowest BCUT2D eigenvalue weighted by molar-refractivity contribution is -0.163. The second-order valence-electron chi connectivity index (χ2n) is 16.7. The molecule has 6 nitrogen and oxygen atoms in total. The first-order chi connectivity index (χ1) is 21.8. The monoisotopic (exact) mass is 638 g/mol. The third-order valence-electron chi connectivity index (χ3n) is 13.4. The molecule has 0 spiro atoms. The molecule has 0 heterocycles. The fourth-order valence-electron chi connectivity index (χ4n) is 10.5. The maximum absolute atomic E-state index is 12.7. The van der Waals surface area contributed by atoms with E-state index < -0.39 is 5.41 Å². The topological polar surface area (TPSA) is 82.1 Å². The number of aliphatic hydroxyl groups excluding tert-OH is 1. The van der Waals surface area contributed by atoms with E-state index in [1.54, 1.807) is 0 Å². The van der Waals surface area contributed by atoms with Crippen molar-refractivity contribution in [3.05, 3.63) is 29.3 Å². The molecular formula is C40H62O6. The Hall–Kier alpha value is -2.08. The Balaban J connectivity index is 0.981. The minimum absolute atomic E-state index is 0.0834. The zero-order valence-electron chi connectivity index (χ0n) is 29.7. The molecule has 6 heteroatoms. The average Bonchev–Trinajstić information content (AvgIpc) is 3.35. The van der Waals surface area contributed by atoms with Gasteiger partial charge in [0.1, 0.15) is 19.0 Å². The van der Waals surface area contributed by atoms with Crippen molar-refractivity contribution in [2.45, 2.75) is 138 Å². The van der Waals surface area contributed by atoms with Gasteiger partial charge in [0.15, 0.2) is 0 Å². The minimum atomic E-state index is -0.632. The molecule has 0 bridgehead atoms. The summed E-state index contributed by atoms with van der Waals surface area (Å²) in [5.74, 6) is 3.48. The van der Waals surface area contributed by atoms with Crippen LogP contribution >= 0.6 is 0 Å². The Kier molecular flexibility index (Phi) is 11.2. The van der Waals surface area contributed by atoms with Gasteiger partial charge in [-0.05, 0) is 156 Å². The van der Waals surface area contributed by atoms with Gasteiger partial charge >= 0.3 is 11.9 Å². The van der Waals surface area contributed by atoms with Crippen molar-refractivity contribution in [1.82, 2.24) is 0 Å². The molecule has 8 unspecified atom stereocenters. The van der Waals surface area contributed by atoms with E-state index in [0.717, 1.165) is 42.6 Å². The van der Waals surface area contributed by atoms with Crippen molar-refractivity contribution in [2.24, 2.45) is 45.8 Å². The zero-order valence-corrected chi connectivity index (χ0v) is 29.7. The highest BCUT2D eigenvalue weighted by molar-refractivity contribution is 5.75. The number of fused-ring (bicyclic) bond motifs is 5. The first-order valence-corrected chi connectivity index (χ1v) is 18.6. The number of carbonyl (C=O) groups is 2. The van der Waals surface area contributed by atoms with Crippen molar-refractivity contribution in [3.63, 3.8) is 0 Å². The van der Waals surface area contributed by atoms with Crippen LogP contribution in [0.15, 0.2) is 18.2 Å². The van der Waals surface area contributed by atoms with Crippen LogP contribution in [0.5, 0.6) is 5.75 Å². The summed E-state index contributed by atoms with van der Waals surface area (Å²) in [5.41, 5.74) is 2.33. The molecule has 0 amide bonds. The Morgan fingerprint density at radius 1 is 0.913 bits per heavy atom. The molecule has 0 radical (unpaired) electrons. The van der Waals surface area contributed by atoms with E-state index in [4.69, 9.17) is 14.2 Å². The van der Waals surface area contributed by atoms with E-state index >= 15 is 0 Å². The summed E-state index contributed by atoms with van der Waals surface area (Å²) in [6.07, 6.45) is 14.9. The van der Waals surface area contributed by atoms with Gasteiger partial charge in [-0.15, -0.1) is 0 Å². The molecule has 5 rings (SSSR count). The van der Waals surface area contributed by atoms with Gasteiger partial charge in [-0.2, -0.15) is 0 Å². The molecule has 4 saturated carbocycles. The highest BCUT2D eigenvalue weighted by Crippen LogP contribution is 2.67. The number of hydrogen-bond donors (Lipinski definition) is 1. The van der Waals surface area contributed by atoms with Crippen LogP contribution in [0.3, 0.4) is 0 Å². The summed E-state index contributed by atoms with van der Waals surface area (Å²) in [6, 6.07) is 6.17. The molecule has 0 aliphatic heterocycles. The molecular weight excluding hydrogens is 576 g/mol. The number of esters is 2. The van der Waals surface area contributed by atoms with E-state index in [1.807, 2.05) is 33.8 Å². The van der Waals surface area contributed by atoms with Crippen LogP contribution < -0.4 is 4.74 Å². The van der Waals surface area contributed by atoms with E-state index in [0.29, 0.717) is 54.5 Å². The van der Waals surface area contributed by atoms with Gasteiger partial charge in [0.2, 0.25) is 0 Å². The van der Waals surface area contributed by atoms with Gasteiger partial charge in [0, 0.05) is 6.42 Å². The first kappa shape index (κ1) is 35.2. The van der Waals surface area contributed by atoms with Crippen molar-refractivity contribution in [1.29, 1.82) is 0 Å². The van der Waals surface area contributed by atoms with Gasteiger partial charge in [-0.1, -0.05) is 38.8 Å². The highest BCUT2D eigenvalue weighted by Gasteiger charge is 2.61. The Morgan fingerprint density at radius 3 is 2.48 bits per heavy atom. The summed E-state index contributed by atoms with van der Waals surface area (Å²) >= 11 is 0. The maximum atomic E-state index is 12.7. The summed E-state index contributed by atoms with van der Waals surface area (Å²) in [5, 5.41) is 11.4. The predicted molar refractivity (Wildman–Crippen MR) is 181 cm³/mol. The summed E-state index contributed by atoms with van der Waals surface area (Å²) in [4.78, 5) is 25.3. The molecule has 46 heavy (non-hydrogen) atoms. The number of benzene rings is 1. The fraction of sp³-hybridized carbons (Fsp3) is 0.800. The molecule has 0 aromatic heterocycles. The predicted octanol–water partition coefficient (Wildman–Crippen LogP) is 8.77. The van der Waals surface area contributed by atoms with E-state index in [9.17, 15) is 14.7 Å². The normalized spacial score (nSPS) is 33.8. The average molecular weight is 639 g/mol. The maximum Gasteiger partial charge on any atom is 0.311 e. The third kappa shape index (κ3) is 7.47. The number of aryl methyl sites for hydroxylation is 2. The Bertz CT molecular complexity index is 1210. The smallest absolute Gasteiger partial charge is 0.311 e. The Morgan fingerprint density at radius 2 is 1.67 bits per heavy atom. The number of aliphatic hydroxyl groups is 1. The Labute approximate surface area is 278 Å². The molecule has 1 aromatic carbocycles. The van der Waals surface area contributed by atoms with Crippen molar-refractivity contribution >= 4 is 11.9 Å². The molecule has 258 valence electrons. The summed E-state index contributed by atoms with van der Waals surface area (Å²) < 4.78 is 16.9. The van der Waals surface area contributed by atoms with Crippen LogP contribution in [0.2, 0.25) is 0 Å². The summed E-state index contributed by atoms with van der Waals surface area (Å²) in [7, 11) is 0. The highest BCUT2D eigenvalue weighted by atomic mass is 16.6. The standard InChI is InChI=1S/C40H62O6/c1-27-14-15-28(2)34(25-27)44-22-10-19-38(3,4)37(43)46-24-23-45-35(42)13-9-12-29-16-17-31-36-32(18-21-40(29,31)6)39(5)20-8-7-11-30(39)26-33(36)41/h14-15,25,29-33,36,41H,7-13,16-24,26H2,1-6H3. The van der Waals surface area contributed by atoms with Crippen molar-refractivity contribution in [3.8, 4) is 5.75 Å². The molecule has 4 aliphatic rings. The van der Waals surface area contributed by atoms with Crippen molar-refractivity contribution < 1.29 is 28.9 Å². The van der Waals surface area contributed by atoms with Gasteiger partial charge in [0.05, 0.1) is 18.1 Å². The van der Waals surface area contributed by atoms with E-state index in [-0.39, 0.29) is 36.7 Å². The zero-order chi connectivity index (χ0) is 33.1. The van der Waals surface area contributed by atoms with Crippen LogP contribution in [-0.4, -0.2) is 43.0 Å². The lowest BCUT2D eigenvalue weighted by Crippen LogP contribution is -2.57. The molecule has 1 N–H and O–H groups in total. The van der Waals surface area contributed by atoms with Crippen LogP contribution in [0.4, 0.5) is 0 Å². The SMILES string of the molecule is Cc1ccc(C)c(OCCCC(C)(C)C(=O)OCCOC(=O)CCCC2CCC3C4C(O)CC5CCCCC5(C)C4CCC23C)c1. The van der Waals surface area contributed by atoms with Crippen LogP contribution in [0.25, 0.3) is 0 Å². The van der Waals surface area contributed by atoms with E-state index in [1.165, 1.54) is 51.4 Å². The number of hydrogen-bond acceptors (Lipinski definition) is 6. The van der Waals surface area contributed by atoms with Gasteiger partial charge in [0.25, 0.3) is 0 Å². The van der Waals surface area contributed by atoms with Crippen LogP contribution in [0.1, 0.15) is 129 Å². The molecule has 4 aliphatic carbocycles. The lowest BCUT2D eigenvalue weighted by Gasteiger charge is -2.62. The second-order valence-corrected chi connectivity index (χ2v) is 16.7. The molecule has 1 aromatic rings.